The monoisotopic (exact) mass is 377 g/mol. The lowest BCUT2D eigenvalue weighted by atomic mass is 10.1. The molecule has 7 heteroatoms. The first-order valence-corrected chi connectivity index (χ1v) is 9.18. The molecule has 150 valence electrons. The van der Waals surface area contributed by atoms with E-state index in [1.165, 1.54) is 0 Å². The molecular formula is C20H31N3O4. The molecule has 3 amide bonds. The Hall–Kier alpha value is -2.57. The van der Waals surface area contributed by atoms with Crippen LogP contribution in [0.25, 0.3) is 0 Å². The fourth-order valence-electron chi connectivity index (χ4n) is 2.24. The average Bonchev–Trinajstić information content (AvgIpc) is 2.51. The van der Waals surface area contributed by atoms with Crippen molar-refractivity contribution >= 4 is 23.6 Å². The molecule has 0 heterocycles. The van der Waals surface area contributed by atoms with Crippen LogP contribution in [-0.2, 0) is 20.9 Å². The molecule has 0 radical (unpaired) electrons. The van der Waals surface area contributed by atoms with Crippen molar-refractivity contribution in [2.75, 3.05) is 11.9 Å². The number of carbonyl (C=O) groups excluding carboxylic acids is 3. The second-order valence-electron chi connectivity index (χ2n) is 7.76. The number of alkyl carbamates (subject to hydrolysis) is 1. The van der Waals surface area contributed by atoms with Crippen LogP contribution in [0.3, 0.4) is 0 Å². The Morgan fingerprint density at radius 2 is 1.70 bits per heavy atom. The molecule has 0 aliphatic carbocycles. The van der Waals surface area contributed by atoms with E-state index in [-0.39, 0.29) is 30.7 Å². The van der Waals surface area contributed by atoms with Crippen molar-refractivity contribution in [1.82, 2.24) is 10.6 Å². The quantitative estimate of drug-likeness (QED) is 0.648. The third-order valence-corrected chi connectivity index (χ3v) is 3.38. The lowest BCUT2D eigenvalue weighted by molar-refractivity contribution is -0.122. The minimum Gasteiger partial charge on any atom is -0.444 e. The summed E-state index contributed by atoms with van der Waals surface area (Å²) in [5.74, 6) is 0.0390. The molecule has 1 aromatic carbocycles. The van der Waals surface area contributed by atoms with Crippen LogP contribution in [0.15, 0.2) is 24.3 Å². The highest BCUT2D eigenvalue weighted by Crippen LogP contribution is 2.15. The van der Waals surface area contributed by atoms with Crippen molar-refractivity contribution in [3.63, 3.8) is 0 Å². The molecule has 0 atom stereocenters. The first-order valence-electron chi connectivity index (χ1n) is 9.18. The van der Waals surface area contributed by atoms with E-state index in [2.05, 4.69) is 16.0 Å². The van der Waals surface area contributed by atoms with E-state index in [1.54, 1.807) is 26.8 Å². The van der Waals surface area contributed by atoms with Crippen molar-refractivity contribution in [3.05, 3.63) is 29.8 Å². The molecule has 0 aliphatic heterocycles. The number of nitrogens with one attached hydrogen (secondary N) is 3. The van der Waals surface area contributed by atoms with Gasteiger partial charge in [0.05, 0.1) is 0 Å². The molecule has 1 aromatic rings. The van der Waals surface area contributed by atoms with Crippen molar-refractivity contribution in [1.29, 1.82) is 0 Å². The Morgan fingerprint density at radius 1 is 1.04 bits per heavy atom. The molecule has 27 heavy (non-hydrogen) atoms. The number of para-hydroxylation sites is 1. The minimum absolute atomic E-state index is 0.0207. The highest BCUT2D eigenvalue weighted by Gasteiger charge is 2.16. The highest BCUT2D eigenvalue weighted by molar-refractivity contribution is 5.92. The maximum atomic E-state index is 12.1. The summed E-state index contributed by atoms with van der Waals surface area (Å²) < 4.78 is 5.12. The maximum Gasteiger partial charge on any atom is 0.407 e. The fourth-order valence-corrected chi connectivity index (χ4v) is 2.24. The van der Waals surface area contributed by atoms with Gasteiger partial charge in [0.1, 0.15) is 5.60 Å². The van der Waals surface area contributed by atoms with Gasteiger partial charge in [-0.1, -0.05) is 32.0 Å². The van der Waals surface area contributed by atoms with Gasteiger partial charge in [0, 0.05) is 31.6 Å². The van der Waals surface area contributed by atoms with Gasteiger partial charge in [-0.3, -0.25) is 9.59 Å². The Morgan fingerprint density at radius 3 is 2.33 bits per heavy atom. The van der Waals surface area contributed by atoms with Gasteiger partial charge in [-0.25, -0.2) is 4.79 Å². The zero-order valence-corrected chi connectivity index (χ0v) is 16.8. The molecule has 1 rings (SSSR count). The third-order valence-electron chi connectivity index (χ3n) is 3.38. The number of hydrogen-bond donors (Lipinski definition) is 3. The number of carbonyl (C=O) groups is 3. The fraction of sp³-hybridized carbons (Fsp3) is 0.550. The Labute approximate surface area is 161 Å². The number of hydrogen-bond acceptors (Lipinski definition) is 4. The molecule has 0 aromatic heterocycles. The summed E-state index contributed by atoms with van der Waals surface area (Å²) in [5.41, 5.74) is 0.887. The van der Waals surface area contributed by atoms with Gasteiger partial charge in [-0.05, 0) is 38.3 Å². The Kier molecular flexibility index (Phi) is 8.78. The van der Waals surface area contributed by atoms with E-state index in [1.807, 2.05) is 32.0 Å². The number of anilines is 1. The SMILES string of the molecule is CC(C)CC(=O)NCc1ccccc1NC(=O)CCNC(=O)OC(C)(C)C. The zero-order chi connectivity index (χ0) is 20.4. The normalized spacial score (nSPS) is 11.0. The van der Waals surface area contributed by atoms with Crippen LogP contribution in [-0.4, -0.2) is 30.1 Å². The van der Waals surface area contributed by atoms with Gasteiger partial charge in [0.25, 0.3) is 0 Å². The summed E-state index contributed by atoms with van der Waals surface area (Å²) >= 11 is 0. The van der Waals surface area contributed by atoms with Gasteiger partial charge in [0.15, 0.2) is 0 Å². The summed E-state index contributed by atoms with van der Waals surface area (Å²) in [6.45, 7) is 9.81. The topological polar surface area (TPSA) is 96.5 Å². The Balaban J connectivity index is 2.48. The van der Waals surface area contributed by atoms with Crippen LogP contribution < -0.4 is 16.0 Å². The third kappa shape index (κ3) is 10.2. The summed E-state index contributed by atoms with van der Waals surface area (Å²) in [6, 6.07) is 7.30. The smallest absolute Gasteiger partial charge is 0.407 e. The van der Waals surface area contributed by atoms with Gasteiger partial charge in [-0.2, -0.15) is 0 Å². The van der Waals surface area contributed by atoms with E-state index in [9.17, 15) is 14.4 Å². The van der Waals surface area contributed by atoms with E-state index in [0.29, 0.717) is 18.7 Å². The number of amides is 3. The number of rotatable bonds is 8. The van der Waals surface area contributed by atoms with E-state index >= 15 is 0 Å². The number of ether oxygens (including phenoxy) is 1. The summed E-state index contributed by atoms with van der Waals surface area (Å²) in [6.07, 6.45) is 0.0292. The standard InChI is InChI=1S/C20H31N3O4/c1-14(2)12-18(25)22-13-15-8-6-7-9-16(15)23-17(24)10-11-21-19(26)27-20(3,4)5/h6-9,14H,10-13H2,1-5H3,(H,21,26)(H,22,25)(H,23,24). The first-order chi connectivity index (χ1) is 12.6. The lowest BCUT2D eigenvalue weighted by Gasteiger charge is -2.19. The van der Waals surface area contributed by atoms with Crippen LogP contribution in [0, 0.1) is 5.92 Å². The first kappa shape index (κ1) is 22.5. The summed E-state index contributed by atoms with van der Waals surface area (Å²) in [4.78, 5) is 35.5. The van der Waals surface area contributed by atoms with Gasteiger partial charge in [-0.15, -0.1) is 0 Å². The molecule has 0 saturated carbocycles. The van der Waals surface area contributed by atoms with Gasteiger partial charge in [0.2, 0.25) is 11.8 Å². The molecule has 0 aliphatic rings. The largest absolute Gasteiger partial charge is 0.444 e. The predicted octanol–water partition coefficient (Wildman–Crippen LogP) is 3.20. The van der Waals surface area contributed by atoms with Crippen molar-refractivity contribution < 1.29 is 19.1 Å². The van der Waals surface area contributed by atoms with Crippen LogP contribution in [0.1, 0.15) is 53.0 Å². The van der Waals surface area contributed by atoms with Gasteiger partial charge < -0.3 is 20.7 Å². The lowest BCUT2D eigenvalue weighted by Crippen LogP contribution is -2.34. The van der Waals surface area contributed by atoms with E-state index in [4.69, 9.17) is 4.74 Å². The number of benzene rings is 1. The second-order valence-corrected chi connectivity index (χ2v) is 7.76. The van der Waals surface area contributed by atoms with Crippen LogP contribution in [0.5, 0.6) is 0 Å². The second kappa shape index (κ2) is 10.5. The predicted molar refractivity (Wildman–Crippen MR) is 105 cm³/mol. The molecule has 0 fully saturated rings. The van der Waals surface area contributed by atoms with Crippen molar-refractivity contribution in [3.8, 4) is 0 Å². The highest BCUT2D eigenvalue weighted by atomic mass is 16.6. The molecule has 0 unspecified atom stereocenters. The molecule has 0 spiro atoms. The minimum atomic E-state index is -0.578. The molecule has 7 nitrogen and oxygen atoms in total. The van der Waals surface area contributed by atoms with E-state index in [0.717, 1.165) is 5.56 Å². The van der Waals surface area contributed by atoms with Crippen LogP contribution in [0.2, 0.25) is 0 Å². The van der Waals surface area contributed by atoms with Crippen molar-refractivity contribution in [2.24, 2.45) is 5.92 Å². The summed E-state index contributed by atoms with van der Waals surface area (Å²) in [5, 5.41) is 8.22. The van der Waals surface area contributed by atoms with Crippen LogP contribution >= 0.6 is 0 Å². The van der Waals surface area contributed by atoms with E-state index < -0.39 is 11.7 Å². The maximum absolute atomic E-state index is 12.1. The summed E-state index contributed by atoms with van der Waals surface area (Å²) in [7, 11) is 0. The Bertz CT molecular complexity index is 651. The van der Waals surface area contributed by atoms with Crippen molar-refractivity contribution in [2.45, 2.75) is 59.6 Å². The molecule has 0 bridgehead atoms. The average molecular weight is 377 g/mol. The molecular weight excluding hydrogens is 346 g/mol. The van der Waals surface area contributed by atoms with Gasteiger partial charge >= 0.3 is 6.09 Å². The van der Waals surface area contributed by atoms with Crippen LogP contribution in [0.4, 0.5) is 10.5 Å². The molecule has 0 saturated heterocycles. The molecule has 3 N–H and O–H groups in total. The zero-order valence-electron chi connectivity index (χ0n) is 16.8.